The van der Waals surface area contributed by atoms with Gasteiger partial charge in [0, 0.05) is 12.0 Å². The molecule has 4 atom stereocenters. The molecule has 1 N–H and O–H groups in total. The minimum atomic E-state index is 0.174. The first-order valence-electron chi connectivity index (χ1n) is 6.52. The van der Waals surface area contributed by atoms with Crippen molar-refractivity contribution in [3.8, 4) is 0 Å². The summed E-state index contributed by atoms with van der Waals surface area (Å²) in [6, 6.07) is 0.824. The second-order valence-electron chi connectivity index (χ2n) is 5.32. The van der Waals surface area contributed by atoms with E-state index in [0.717, 1.165) is 18.8 Å². The van der Waals surface area contributed by atoms with Gasteiger partial charge < -0.3 is 5.32 Å². The third-order valence-corrected chi connectivity index (χ3v) is 4.30. The molecule has 4 unspecified atom stereocenters. The summed E-state index contributed by atoms with van der Waals surface area (Å²) in [6.07, 6.45) is 7.42. The van der Waals surface area contributed by atoms with Crippen molar-refractivity contribution in [3.63, 3.8) is 0 Å². The molecule has 0 amide bonds. The Bertz CT molecular complexity index is 225. The van der Waals surface area contributed by atoms with Crippen LogP contribution in [0.4, 0.5) is 0 Å². The van der Waals surface area contributed by atoms with Crippen molar-refractivity contribution in [1.82, 2.24) is 5.32 Å². The Morgan fingerprint density at radius 2 is 2.13 bits per heavy atom. The van der Waals surface area contributed by atoms with Gasteiger partial charge >= 0.3 is 0 Å². The van der Waals surface area contributed by atoms with Crippen molar-refractivity contribution in [2.45, 2.75) is 64.5 Å². The van der Waals surface area contributed by atoms with Crippen LogP contribution in [0.1, 0.15) is 52.4 Å². The number of rotatable bonds is 3. The fourth-order valence-corrected chi connectivity index (χ4v) is 3.08. The molecule has 1 aliphatic heterocycles. The lowest BCUT2D eigenvalue weighted by Crippen LogP contribution is -2.39. The van der Waals surface area contributed by atoms with Crippen LogP contribution in [0, 0.1) is 11.8 Å². The molecule has 0 aromatic rings. The summed E-state index contributed by atoms with van der Waals surface area (Å²) < 4.78 is 0. The smallest absolute Gasteiger partial charge is 0.152 e. The van der Waals surface area contributed by atoms with Crippen molar-refractivity contribution in [3.05, 3.63) is 0 Å². The first kappa shape index (κ1) is 11.1. The summed E-state index contributed by atoms with van der Waals surface area (Å²) in [6.45, 7) is 4.16. The maximum Gasteiger partial charge on any atom is 0.152 e. The summed E-state index contributed by atoms with van der Waals surface area (Å²) >= 11 is 0. The van der Waals surface area contributed by atoms with Gasteiger partial charge in [-0.25, -0.2) is 0 Å². The predicted molar refractivity (Wildman–Crippen MR) is 61.7 cm³/mol. The van der Waals surface area contributed by atoms with Gasteiger partial charge in [-0.05, 0) is 31.6 Å². The number of nitrogens with one attached hydrogen (secondary N) is 1. The molecule has 86 valence electrons. The highest BCUT2D eigenvalue weighted by atomic mass is 16.1. The van der Waals surface area contributed by atoms with Crippen molar-refractivity contribution >= 4 is 5.78 Å². The fourth-order valence-electron chi connectivity index (χ4n) is 3.08. The Morgan fingerprint density at radius 3 is 2.80 bits per heavy atom. The lowest BCUT2D eigenvalue weighted by atomic mass is 9.84. The molecule has 0 aromatic heterocycles. The van der Waals surface area contributed by atoms with Crippen LogP contribution >= 0.6 is 0 Å². The number of carbonyl (C=O) groups is 1. The molecule has 2 aliphatic rings. The molecule has 0 spiro atoms. The van der Waals surface area contributed by atoms with Gasteiger partial charge in [0.25, 0.3) is 0 Å². The zero-order chi connectivity index (χ0) is 10.8. The van der Waals surface area contributed by atoms with Gasteiger partial charge in [0.15, 0.2) is 5.78 Å². The second kappa shape index (κ2) is 4.65. The highest BCUT2D eigenvalue weighted by Gasteiger charge is 2.38. The van der Waals surface area contributed by atoms with Crippen LogP contribution in [0.2, 0.25) is 0 Å². The van der Waals surface area contributed by atoms with E-state index in [9.17, 15) is 4.79 Å². The van der Waals surface area contributed by atoms with Crippen LogP contribution in [-0.4, -0.2) is 17.9 Å². The molecule has 1 saturated heterocycles. The molecule has 1 aliphatic carbocycles. The maximum absolute atomic E-state index is 12.1. The van der Waals surface area contributed by atoms with Crippen molar-refractivity contribution in [2.24, 2.45) is 11.8 Å². The van der Waals surface area contributed by atoms with Crippen LogP contribution in [0.3, 0.4) is 0 Å². The Kier molecular flexibility index (Phi) is 3.45. The van der Waals surface area contributed by atoms with Gasteiger partial charge in [0.05, 0.1) is 6.04 Å². The molecule has 2 nitrogen and oxygen atoms in total. The molecule has 2 rings (SSSR count). The van der Waals surface area contributed by atoms with Crippen LogP contribution in [0.5, 0.6) is 0 Å². The van der Waals surface area contributed by atoms with E-state index < -0.39 is 0 Å². The predicted octanol–water partition coefficient (Wildman–Crippen LogP) is 2.52. The Balaban J connectivity index is 1.93. The lowest BCUT2D eigenvalue weighted by molar-refractivity contribution is -0.124. The van der Waals surface area contributed by atoms with E-state index in [1.165, 1.54) is 25.7 Å². The zero-order valence-electron chi connectivity index (χ0n) is 9.96. The number of hydrogen-bond acceptors (Lipinski definition) is 2. The Hall–Kier alpha value is -0.370. The topological polar surface area (TPSA) is 29.1 Å². The molecular formula is C13H23NO. The molecule has 2 heteroatoms. The lowest BCUT2D eigenvalue weighted by Gasteiger charge is -2.24. The third kappa shape index (κ3) is 2.25. The highest BCUT2D eigenvalue weighted by molar-refractivity contribution is 5.86. The van der Waals surface area contributed by atoms with Crippen molar-refractivity contribution < 1.29 is 4.79 Å². The molecule has 1 saturated carbocycles. The summed E-state index contributed by atoms with van der Waals surface area (Å²) in [5.41, 5.74) is 0. The van der Waals surface area contributed by atoms with Crippen LogP contribution < -0.4 is 5.32 Å². The Morgan fingerprint density at radius 1 is 1.40 bits per heavy atom. The maximum atomic E-state index is 12.1. The number of carbonyl (C=O) groups excluding carboxylic acids is 1. The van der Waals surface area contributed by atoms with E-state index in [2.05, 4.69) is 19.2 Å². The minimum Gasteiger partial charge on any atom is -0.304 e. The highest BCUT2D eigenvalue weighted by Crippen LogP contribution is 2.34. The summed E-state index contributed by atoms with van der Waals surface area (Å²) in [5.74, 6) is 1.48. The van der Waals surface area contributed by atoms with Gasteiger partial charge in [0.2, 0.25) is 0 Å². The number of Topliss-reactive ketones (excluding diaryl/α,β-unsaturated/α-hetero) is 1. The molecular weight excluding hydrogens is 186 g/mol. The van der Waals surface area contributed by atoms with E-state index in [-0.39, 0.29) is 12.0 Å². The van der Waals surface area contributed by atoms with E-state index in [4.69, 9.17) is 0 Å². The minimum absolute atomic E-state index is 0.174. The standard InChI is InChI=1S/C13H23NO/c1-3-9(2)13(15)12-8-10-6-4-5-7-11(10)14-12/h9-12,14H,3-8H2,1-2H3. The van der Waals surface area contributed by atoms with Gasteiger partial charge in [-0.15, -0.1) is 0 Å². The molecule has 2 fully saturated rings. The molecule has 15 heavy (non-hydrogen) atoms. The molecule has 1 heterocycles. The van der Waals surface area contributed by atoms with Crippen LogP contribution in [-0.2, 0) is 4.79 Å². The summed E-state index contributed by atoms with van der Waals surface area (Å²) in [7, 11) is 0. The van der Waals surface area contributed by atoms with E-state index in [1.54, 1.807) is 0 Å². The second-order valence-corrected chi connectivity index (χ2v) is 5.32. The van der Waals surface area contributed by atoms with E-state index >= 15 is 0 Å². The van der Waals surface area contributed by atoms with Gasteiger partial charge in [-0.3, -0.25) is 4.79 Å². The monoisotopic (exact) mass is 209 g/mol. The van der Waals surface area contributed by atoms with Crippen molar-refractivity contribution in [1.29, 1.82) is 0 Å². The zero-order valence-corrected chi connectivity index (χ0v) is 9.96. The third-order valence-electron chi connectivity index (χ3n) is 4.30. The number of fused-ring (bicyclic) bond motifs is 1. The number of hydrogen-bond donors (Lipinski definition) is 1. The summed E-state index contributed by atoms with van der Waals surface area (Å²) in [4.78, 5) is 12.1. The normalized spacial score (nSPS) is 37.3. The van der Waals surface area contributed by atoms with E-state index in [0.29, 0.717) is 11.8 Å². The number of ketones is 1. The van der Waals surface area contributed by atoms with E-state index in [1.807, 2.05) is 0 Å². The van der Waals surface area contributed by atoms with Crippen LogP contribution in [0.25, 0.3) is 0 Å². The first-order valence-corrected chi connectivity index (χ1v) is 6.52. The molecule has 0 aromatic carbocycles. The first-order chi connectivity index (χ1) is 7.22. The van der Waals surface area contributed by atoms with Crippen molar-refractivity contribution in [2.75, 3.05) is 0 Å². The largest absolute Gasteiger partial charge is 0.304 e. The Labute approximate surface area is 92.8 Å². The van der Waals surface area contributed by atoms with Gasteiger partial charge in [0.1, 0.15) is 0 Å². The summed E-state index contributed by atoms with van der Waals surface area (Å²) in [5, 5.41) is 3.56. The molecule has 0 bridgehead atoms. The quantitative estimate of drug-likeness (QED) is 0.774. The van der Waals surface area contributed by atoms with Crippen LogP contribution in [0.15, 0.2) is 0 Å². The average molecular weight is 209 g/mol. The fraction of sp³-hybridized carbons (Fsp3) is 0.923. The van der Waals surface area contributed by atoms with Gasteiger partial charge in [-0.2, -0.15) is 0 Å². The SMILES string of the molecule is CCC(C)C(=O)C1CC2CCCCC2N1. The van der Waals surface area contributed by atoms with Gasteiger partial charge in [-0.1, -0.05) is 26.7 Å². The molecule has 0 radical (unpaired) electrons. The average Bonchev–Trinajstić information content (AvgIpc) is 2.70.